The van der Waals surface area contributed by atoms with Gasteiger partial charge in [-0.15, -0.1) is 0 Å². The smallest absolute Gasteiger partial charge is 0.311 e. The fraction of sp³-hybridized carbons (Fsp3) is 0.235. The number of hydrogen-bond donors (Lipinski definition) is 1. The van der Waals surface area contributed by atoms with Gasteiger partial charge < -0.3 is 5.32 Å². The minimum absolute atomic E-state index is 0.0852. The largest absolute Gasteiger partial charge is 0.364 e. The van der Waals surface area contributed by atoms with Crippen LogP contribution in [0.1, 0.15) is 25.1 Å². The van der Waals surface area contributed by atoms with Crippen molar-refractivity contribution in [3.05, 3.63) is 63.6 Å². The molecule has 1 aromatic heterocycles. The third-order valence-electron chi connectivity index (χ3n) is 2.93. The molecular weight excluding hydrogens is 297 g/mol. The van der Waals surface area contributed by atoms with Crippen LogP contribution >= 0.6 is 0 Å². The van der Waals surface area contributed by atoms with Gasteiger partial charge in [0.15, 0.2) is 0 Å². The molecule has 0 fully saturated rings. The number of pyridine rings is 1. The first-order chi connectivity index (χ1) is 11.0. The van der Waals surface area contributed by atoms with Gasteiger partial charge in [0.1, 0.15) is 11.5 Å². The van der Waals surface area contributed by atoms with E-state index >= 15 is 0 Å². The van der Waals surface area contributed by atoms with Crippen LogP contribution in [-0.4, -0.2) is 16.5 Å². The average molecular weight is 313 g/mol. The summed E-state index contributed by atoms with van der Waals surface area (Å²) < 4.78 is 12.8. The Kier molecular flexibility index (Phi) is 5.26. The number of halogens is 1. The van der Waals surface area contributed by atoms with Crippen molar-refractivity contribution in [3.63, 3.8) is 0 Å². The molecule has 6 heteroatoms. The maximum Gasteiger partial charge on any atom is 0.311 e. The first kappa shape index (κ1) is 16.4. The lowest BCUT2D eigenvalue weighted by atomic mass is 10.2. The van der Waals surface area contributed by atoms with E-state index in [2.05, 4.69) is 22.1 Å². The summed E-state index contributed by atoms with van der Waals surface area (Å²) >= 11 is 0. The Labute approximate surface area is 133 Å². The number of benzene rings is 1. The molecule has 0 atom stereocenters. The maximum absolute atomic E-state index is 12.8. The van der Waals surface area contributed by atoms with Crippen molar-refractivity contribution in [1.29, 1.82) is 0 Å². The Morgan fingerprint density at radius 2 is 1.91 bits per heavy atom. The normalized spacial score (nSPS) is 10.1. The Balaban J connectivity index is 2.28. The second-order valence-electron chi connectivity index (χ2n) is 5.35. The molecule has 0 unspecified atom stereocenters. The van der Waals surface area contributed by atoms with Gasteiger partial charge in [-0.2, -0.15) is 0 Å². The van der Waals surface area contributed by atoms with Gasteiger partial charge in [-0.1, -0.05) is 19.8 Å². The summed E-state index contributed by atoms with van der Waals surface area (Å²) in [5, 5.41) is 14.0. The molecular formula is C17H16FN3O2. The summed E-state index contributed by atoms with van der Waals surface area (Å²) in [4.78, 5) is 14.8. The zero-order valence-corrected chi connectivity index (χ0v) is 12.8. The SMILES string of the molecule is CC(C)CNc1nc(C#Cc2ccc(F)cc2)ccc1[N+](=O)[O-]. The molecule has 0 saturated carbocycles. The number of hydrogen-bond acceptors (Lipinski definition) is 4. The van der Waals surface area contributed by atoms with E-state index in [4.69, 9.17) is 0 Å². The molecule has 0 amide bonds. The monoisotopic (exact) mass is 313 g/mol. The second-order valence-corrected chi connectivity index (χ2v) is 5.35. The quantitative estimate of drug-likeness (QED) is 0.532. The van der Waals surface area contributed by atoms with Gasteiger partial charge in [0.2, 0.25) is 5.82 Å². The fourth-order valence-corrected chi connectivity index (χ4v) is 1.77. The molecule has 0 saturated heterocycles. The van der Waals surface area contributed by atoms with E-state index in [0.717, 1.165) is 0 Å². The van der Waals surface area contributed by atoms with Gasteiger partial charge in [0, 0.05) is 18.2 Å². The Bertz CT molecular complexity index is 762. The predicted molar refractivity (Wildman–Crippen MR) is 86.6 cm³/mol. The summed E-state index contributed by atoms with van der Waals surface area (Å²) in [6.45, 7) is 4.57. The molecule has 1 heterocycles. The van der Waals surface area contributed by atoms with Crippen LogP contribution in [0.4, 0.5) is 15.9 Å². The van der Waals surface area contributed by atoms with Crippen LogP contribution in [0.3, 0.4) is 0 Å². The van der Waals surface area contributed by atoms with Crippen molar-refractivity contribution in [2.45, 2.75) is 13.8 Å². The highest BCUT2D eigenvalue weighted by atomic mass is 19.1. The first-order valence-electron chi connectivity index (χ1n) is 7.12. The molecule has 0 aliphatic heterocycles. The molecule has 1 N–H and O–H groups in total. The lowest BCUT2D eigenvalue weighted by molar-refractivity contribution is -0.384. The molecule has 118 valence electrons. The van der Waals surface area contributed by atoms with Crippen LogP contribution in [0.2, 0.25) is 0 Å². The molecule has 1 aromatic carbocycles. The van der Waals surface area contributed by atoms with Gasteiger partial charge in [-0.3, -0.25) is 10.1 Å². The number of anilines is 1. The molecule has 0 aliphatic carbocycles. The zero-order valence-electron chi connectivity index (χ0n) is 12.8. The summed E-state index contributed by atoms with van der Waals surface area (Å²) in [6.07, 6.45) is 0. The van der Waals surface area contributed by atoms with E-state index in [1.165, 1.54) is 24.3 Å². The number of rotatable bonds is 4. The fourth-order valence-electron chi connectivity index (χ4n) is 1.77. The van der Waals surface area contributed by atoms with Crippen molar-refractivity contribution in [1.82, 2.24) is 4.98 Å². The highest BCUT2D eigenvalue weighted by molar-refractivity contribution is 5.58. The van der Waals surface area contributed by atoms with Crippen molar-refractivity contribution in [3.8, 4) is 11.8 Å². The van der Waals surface area contributed by atoms with Crippen LogP contribution in [0.15, 0.2) is 36.4 Å². The van der Waals surface area contributed by atoms with E-state index in [9.17, 15) is 14.5 Å². The summed E-state index contributed by atoms with van der Waals surface area (Å²) in [7, 11) is 0. The first-order valence-corrected chi connectivity index (χ1v) is 7.12. The van der Waals surface area contributed by atoms with Crippen LogP contribution in [-0.2, 0) is 0 Å². The molecule has 2 aromatic rings. The topological polar surface area (TPSA) is 68.1 Å². The van der Waals surface area contributed by atoms with Gasteiger partial charge in [0.25, 0.3) is 0 Å². The van der Waals surface area contributed by atoms with Crippen LogP contribution < -0.4 is 5.32 Å². The van der Waals surface area contributed by atoms with Gasteiger partial charge in [0.05, 0.1) is 4.92 Å². The summed E-state index contributed by atoms with van der Waals surface area (Å²) in [5.74, 6) is 5.88. The molecule has 0 bridgehead atoms. The third kappa shape index (κ3) is 4.78. The van der Waals surface area contributed by atoms with E-state index in [1.54, 1.807) is 12.1 Å². The minimum Gasteiger partial charge on any atom is -0.364 e. The molecule has 23 heavy (non-hydrogen) atoms. The van der Waals surface area contributed by atoms with Gasteiger partial charge >= 0.3 is 5.69 Å². The van der Waals surface area contributed by atoms with Crippen molar-refractivity contribution in [2.75, 3.05) is 11.9 Å². The standard InChI is InChI=1S/C17H16FN3O2/c1-12(2)11-19-17-16(21(22)23)10-9-15(20-17)8-5-13-3-6-14(18)7-4-13/h3-4,6-7,9-10,12H,11H2,1-2H3,(H,19,20). The number of aromatic nitrogens is 1. The van der Waals surface area contributed by atoms with E-state index in [0.29, 0.717) is 23.7 Å². The summed E-state index contributed by atoms with van der Waals surface area (Å²) in [6, 6.07) is 8.64. The van der Waals surface area contributed by atoms with Gasteiger partial charge in [-0.25, -0.2) is 9.37 Å². The van der Waals surface area contributed by atoms with Gasteiger partial charge in [-0.05, 0) is 42.2 Å². The lowest BCUT2D eigenvalue weighted by Gasteiger charge is -2.08. The Morgan fingerprint density at radius 1 is 1.22 bits per heavy atom. The molecule has 0 radical (unpaired) electrons. The highest BCUT2D eigenvalue weighted by Crippen LogP contribution is 2.22. The molecule has 0 aliphatic rings. The molecule has 0 spiro atoms. The highest BCUT2D eigenvalue weighted by Gasteiger charge is 2.15. The number of nitro groups is 1. The third-order valence-corrected chi connectivity index (χ3v) is 2.93. The number of nitrogens with one attached hydrogen (secondary N) is 1. The minimum atomic E-state index is -0.479. The Hall–Kier alpha value is -2.94. The summed E-state index contributed by atoms with van der Waals surface area (Å²) in [5.41, 5.74) is 0.965. The van der Waals surface area contributed by atoms with E-state index < -0.39 is 4.92 Å². The van der Waals surface area contributed by atoms with Crippen molar-refractivity contribution in [2.24, 2.45) is 5.92 Å². The van der Waals surface area contributed by atoms with Crippen LogP contribution in [0, 0.1) is 33.7 Å². The molecule has 5 nitrogen and oxygen atoms in total. The zero-order chi connectivity index (χ0) is 16.8. The van der Waals surface area contributed by atoms with E-state index in [1.807, 2.05) is 13.8 Å². The van der Waals surface area contributed by atoms with Crippen LogP contribution in [0.25, 0.3) is 0 Å². The lowest BCUT2D eigenvalue weighted by Crippen LogP contribution is -2.11. The maximum atomic E-state index is 12.8. The molecule has 2 rings (SSSR count). The van der Waals surface area contributed by atoms with E-state index in [-0.39, 0.29) is 17.3 Å². The second kappa shape index (κ2) is 7.36. The van der Waals surface area contributed by atoms with Crippen LogP contribution in [0.5, 0.6) is 0 Å². The predicted octanol–water partition coefficient (Wildman–Crippen LogP) is 3.60. The van der Waals surface area contributed by atoms with Crippen molar-refractivity contribution >= 4 is 11.5 Å². The van der Waals surface area contributed by atoms with Crippen molar-refractivity contribution < 1.29 is 9.31 Å². The Morgan fingerprint density at radius 3 is 2.52 bits per heavy atom. The average Bonchev–Trinajstić information content (AvgIpc) is 2.52. The number of nitrogens with zero attached hydrogens (tertiary/aromatic N) is 2.